The average molecular weight is 596 g/mol. The number of carbonyl (C=O) groups is 1. The number of para-hydroxylation sites is 1. The van der Waals surface area contributed by atoms with E-state index in [1.54, 1.807) is 6.07 Å². The SMILES string of the molecule is Cc1cccc(C)c1OCCOc1ccc(C2=C(C(=O)N(Cc3cccc(Cl)c3Cl)C3CC3)[C@@H](CO)NCC2)cc1. The zero-order chi connectivity index (χ0) is 28.9. The van der Waals surface area contributed by atoms with Gasteiger partial charge in [0.05, 0.1) is 22.7 Å². The molecule has 1 heterocycles. The Balaban J connectivity index is 1.32. The van der Waals surface area contributed by atoms with Gasteiger partial charge in [-0.25, -0.2) is 0 Å². The molecule has 8 heteroatoms. The third-order valence-electron chi connectivity index (χ3n) is 7.68. The van der Waals surface area contributed by atoms with Crippen molar-refractivity contribution in [2.45, 2.75) is 51.7 Å². The first-order valence-corrected chi connectivity index (χ1v) is 14.9. The summed E-state index contributed by atoms with van der Waals surface area (Å²) in [5.74, 6) is 1.56. The van der Waals surface area contributed by atoms with Gasteiger partial charge in [0.15, 0.2) is 0 Å². The van der Waals surface area contributed by atoms with E-state index < -0.39 is 6.04 Å². The highest BCUT2D eigenvalue weighted by Crippen LogP contribution is 2.36. The van der Waals surface area contributed by atoms with Crippen LogP contribution in [0.3, 0.4) is 0 Å². The van der Waals surface area contributed by atoms with Crippen molar-refractivity contribution in [3.63, 3.8) is 0 Å². The lowest BCUT2D eigenvalue weighted by Crippen LogP contribution is -2.46. The third-order valence-corrected chi connectivity index (χ3v) is 8.54. The molecule has 1 aliphatic heterocycles. The molecule has 2 N–H and O–H groups in total. The molecule has 1 amide bonds. The molecule has 6 nitrogen and oxygen atoms in total. The van der Waals surface area contributed by atoms with Gasteiger partial charge in [0.25, 0.3) is 5.91 Å². The second kappa shape index (κ2) is 13.3. The molecule has 2 aliphatic rings. The molecule has 1 aliphatic carbocycles. The summed E-state index contributed by atoms with van der Waals surface area (Å²) in [6.07, 6.45) is 2.57. The van der Waals surface area contributed by atoms with E-state index in [2.05, 4.69) is 5.32 Å². The molecule has 0 aromatic heterocycles. The lowest BCUT2D eigenvalue weighted by atomic mass is 9.88. The van der Waals surface area contributed by atoms with Gasteiger partial charge in [0.2, 0.25) is 0 Å². The highest BCUT2D eigenvalue weighted by atomic mass is 35.5. The summed E-state index contributed by atoms with van der Waals surface area (Å²) >= 11 is 12.7. The number of nitrogens with zero attached hydrogens (tertiary/aromatic N) is 1. The van der Waals surface area contributed by atoms with Crippen LogP contribution >= 0.6 is 23.2 Å². The number of rotatable bonds is 11. The average Bonchev–Trinajstić information content (AvgIpc) is 3.82. The summed E-state index contributed by atoms with van der Waals surface area (Å²) in [5, 5.41) is 14.5. The summed E-state index contributed by atoms with van der Waals surface area (Å²) in [5.41, 5.74) is 5.53. The van der Waals surface area contributed by atoms with Crippen molar-refractivity contribution in [2.24, 2.45) is 0 Å². The fourth-order valence-corrected chi connectivity index (χ4v) is 5.78. The number of aryl methyl sites for hydroxylation is 2. The summed E-state index contributed by atoms with van der Waals surface area (Å²) in [7, 11) is 0. The van der Waals surface area contributed by atoms with Crippen LogP contribution in [0, 0.1) is 13.8 Å². The molecule has 1 atom stereocenters. The van der Waals surface area contributed by atoms with Gasteiger partial charge in [-0.15, -0.1) is 0 Å². The Hall–Kier alpha value is -3.03. The third kappa shape index (κ3) is 6.90. The molecule has 0 radical (unpaired) electrons. The van der Waals surface area contributed by atoms with Gasteiger partial charge in [-0.3, -0.25) is 4.79 Å². The van der Waals surface area contributed by atoms with Crippen molar-refractivity contribution < 1.29 is 19.4 Å². The molecule has 1 saturated carbocycles. The fourth-order valence-electron chi connectivity index (χ4n) is 5.40. The number of nitrogens with one attached hydrogen (secondary N) is 1. The lowest BCUT2D eigenvalue weighted by molar-refractivity contribution is -0.128. The minimum absolute atomic E-state index is 0.0752. The zero-order valence-electron chi connectivity index (χ0n) is 23.5. The maximum absolute atomic E-state index is 14.1. The van der Waals surface area contributed by atoms with E-state index in [0.29, 0.717) is 48.3 Å². The topological polar surface area (TPSA) is 71.0 Å². The van der Waals surface area contributed by atoms with Gasteiger partial charge >= 0.3 is 0 Å². The molecule has 0 saturated heterocycles. The predicted octanol–water partition coefficient (Wildman–Crippen LogP) is 6.37. The van der Waals surface area contributed by atoms with E-state index in [1.807, 2.05) is 73.3 Å². The number of hydrogen-bond acceptors (Lipinski definition) is 5. The van der Waals surface area contributed by atoms with Crippen molar-refractivity contribution in [1.82, 2.24) is 10.2 Å². The first-order valence-electron chi connectivity index (χ1n) is 14.1. The van der Waals surface area contributed by atoms with Crippen LogP contribution in [0.4, 0.5) is 0 Å². The van der Waals surface area contributed by atoms with Crippen molar-refractivity contribution >= 4 is 34.7 Å². The van der Waals surface area contributed by atoms with E-state index >= 15 is 0 Å². The van der Waals surface area contributed by atoms with Crippen LogP contribution < -0.4 is 14.8 Å². The number of aliphatic hydroxyl groups excluding tert-OH is 1. The monoisotopic (exact) mass is 594 g/mol. The van der Waals surface area contributed by atoms with E-state index in [4.69, 9.17) is 32.7 Å². The van der Waals surface area contributed by atoms with Gasteiger partial charge in [-0.05, 0) is 85.7 Å². The quantitative estimate of drug-likeness (QED) is 0.252. The van der Waals surface area contributed by atoms with Crippen LogP contribution in [0.5, 0.6) is 11.5 Å². The first kappa shape index (κ1) is 29.5. The van der Waals surface area contributed by atoms with Crippen LogP contribution in [0.1, 0.15) is 41.5 Å². The molecule has 41 heavy (non-hydrogen) atoms. The normalized spacial score (nSPS) is 17.0. The molecule has 0 bridgehead atoms. The van der Waals surface area contributed by atoms with Gasteiger partial charge in [-0.1, -0.05) is 65.7 Å². The summed E-state index contributed by atoms with van der Waals surface area (Å²) in [6.45, 7) is 5.81. The summed E-state index contributed by atoms with van der Waals surface area (Å²) < 4.78 is 11.9. The van der Waals surface area contributed by atoms with Crippen LogP contribution in [-0.2, 0) is 11.3 Å². The first-order chi connectivity index (χ1) is 19.9. The number of amides is 1. The van der Waals surface area contributed by atoms with Crippen molar-refractivity contribution in [3.8, 4) is 11.5 Å². The second-order valence-electron chi connectivity index (χ2n) is 10.7. The molecular formula is C33H36Cl2N2O4. The summed E-state index contributed by atoms with van der Waals surface area (Å²) in [4.78, 5) is 16.0. The lowest BCUT2D eigenvalue weighted by Gasteiger charge is -2.33. The van der Waals surface area contributed by atoms with Crippen molar-refractivity contribution in [3.05, 3.63) is 98.5 Å². The van der Waals surface area contributed by atoms with Crippen molar-refractivity contribution in [2.75, 3.05) is 26.4 Å². The smallest absolute Gasteiger partial charge is 0.252 e. The number of benzene rings is 3. The van der Waals surface area contributed by atoms with E-state index in [-0.39, 0.29) is 18.6 Å². The minimum Gasteiger partial charge on any atom is -0.490 e. The Morgan fingerprint density at radius 3 is 2.34 bits per heavy atom. The van der Waals surface area contributed by atoms with Crippen LogP contribution in [0.25, 0.3) is 5.57 Å². The summed E-state index contributed by atoms with van der Waals surface area (Å²) in [6, 6.07) is 19.1. The standard InChI is InChI=1S/C33H36Cl2N2O4/c1-21-5-3-6-22(2)32(21)41-18-17-40-26-13-9-23(10-14-26)27-15-16-36-29(20-38)30(27)33(39)37(25-11-12-25)19-24-7-4-8-28(34)31(24)35/h3-10,13-14,25,29,36,38H,11-12,15-20H2,1-2H3/t29-/m1/s1. The molecule has 216 valence electrons. The van der Waals surface area contributed by atoms with Gasteiger partial charge < -0.3 is 24.8 Å². The van der Waals surface area contributed by atoms with E-state index in [1.165, 1.54) is 0 Å². The van der Waals surface area contributed by atoms with Gasteiger partial charge in [0.1, 0.15) is 24.7 Å². The Morgan fingerprint density at radius 1 is 0.976 bits per heavy atom. The number of hydrogen-bond donors (Lipinski definition) is 2. The van der Waals surface area contributed by atoms with Gasteiger partial charge in [-0.2, -0.15) is 0 Å². The van der Waals surface area contributed by atoms with Crippen LogP contribution in [-0.4, -0.2) is 54.4 Å². The Morgan fingerprint density at radius 2 is 1.66 bits per heavy atom. The van der Waals surface area contributed by atoms with Crippen LogP contribution in [0.15, 0.2) is 66.2 Å². The predicted molar refractivity (Wildman–Crippen MR) is 164 cm³/mol. The van der Waals surface area contributed by atoms with E-state index in [9.17, 15) is 9.90 Å². The highest BCUT2D eigenvalue weighted by molar-refractivity contribution is 6.42. The van der Waals surface area contributed by atoms with E-state index in [0.717, 1.165) is 52.2 Å². The molecular weight excluding hydrogens is 559 g/mol. The number of ether oxygens (including phenoxy) is 2. The molecule has 5 rings (SSSR count). The number of aliphatic hydroxyl groups is 1. The molecule has 0 unspecified atom stereocenters. The zero-order valence-corrected chi connectivity index (χ0v) is 25.0. The van der Waals surface area contributed by atoms with Crippen molar-refractivity contribution in [1.29, 1.82) is 0 Å². The van der Waals surface area contributed by atoms with Gasteiger partial charge in [0, 0.05) is 18.2 Å². The maximum Gasteiger partial charge on any atom is 0.252 e. The minimum atomic E-state index is -0.444. The molecule has 3 aromatic rings. The van der Waals surface area contributed by atoms with Crippen LogP contribution in [0.2, 0.25) is 10.0 Å². The Kier molecular flexibility index (Phi) is 9.56. The Labute approximate surface area is 251 Å². The molecule has 0 spiro atoms. The highest BCUT2D eigenvalue weighted by Gasteiger charge is 2.38. The fraction of sp³-hybridized carbons (Fsp3) is 0.364. The largest absolute Gasteiger partial charge is 0.490 e. The molecule has 3 aromatic carbocycles. The second-order valence-corrected chi connectivity index (χ2v) is 11.4. The number of halogens is 2. The number of carbonyl (C=O) groups excluding carboxylic acids is 1. The Bertz CT molecular complexity index is 1400. The maximum atomic E-state index is 14.1. The molecule has 1 fully saturated rings.